The molecule has 1 saturated heterocycles. The summed E-state index contributed by atoms with van der Waals surface area (Å²) in [5.41, 5.74) is 3.07. The van der Waals surface area contributed by atoms with Crippen LogP contribution in [0.25, 0.3) is 17.1 Å². The van der Waals surface area contributed by atoms with Crippen molar-refractivity contribution >= 4 is 22.4 Å². The number of carbonyl (C=O) groups excluding carboxylic acids is 1. The highest BCUT2D eigenvalue weighted by atomic mass is 32.1. The summed E-state index contributed by atoms with van der Waals surface area (Å²) in [6.07, 6.45) is 2.51. The van der Waals surface area contributed by atoms with Crippen LogP contribution >= 0.6 is 11.3 Å². The molecule has 1 aliphatic heterocycles. The van der Waals surface area contributed by atoms with E-state index in [0.717, 1.165) is 36.0 Å². The van der Waals surface area contributed by atoms with Gasteiger partial charge < -0.3 is 14.2 Å². The molecule has 1 amide bonds. The Morgan fingerprint density at radius 3 is 2.68 bits per heavy atom. The Balaban J connectivity index is 1.43. The summed E-state index contributed by atoms with van der Waals surface area (Å²) in [5.74, 6) is 0.622. The summed E-state index contributed by atoms with van der Waals surface area (Å²) in [4.78, 5) is 22.4. The number of hydrogen-bond donors (Lipinski definition) is 0. The molecule has 1 aromatic carbocycles. The number of para-hydroxylation sites is 1. The summed E-state index contributed by atoms with van der Waals surface area (Å²) < 4.78 is 7.24. The minimum absolute atomic E-state index is 0.0219. The highest BCUT2D eigenvalue weighted by molar-refractivity contribution is 7.13. The van der Waals surface area contributed by atoms with Crippen LogP contribution in [-0.4, -0.2) is 51.8 Å². The first-order valence-corrected chi connectivity index (χ1v) is 11.2. The standard InChI is InChI=1S/C23H23N5O2S/c1-17-16-31-23(24-17)27-11-6-10-26(12-13-27)22(29)20-15-19(21-9-5-14-30-21)25-28(20)18-7-3-2-4-8-18/h2-5,7-9,14-16H,6,10-13H2,1H3. The normalized spacial score (nSPS) is 14.6. The van der Waals surface area contributed by atoms with Crippen molar-refractivity contribution in [1.82, 2.24) is 19.7 Å². The lowest BCUT2D eigenvalue weighted by Gasteiger charge is -2.22. The van der Waals surface area contributed by atoms with E-state index in [1.54, 1.807) is 22.3 Å². The second-order valence-electron chi connectivity index (χ2n) is 7.54. The smallest absolute Gasteiger partial charge is 0.272 e. The molecule has 1 fully saturated rings. The third kappa shape index (κ3) is 3.98. The Morgan fingerprint density at radius 2 is 1.94 bits per heavy atom. The molecule has 4 heterocycles. The SMILES string of the molecule is Cc1csc(N2CCCN(C(=O)c3cc(-c4ccco4)nn3-c3ccccc3)CC2)n1. The fraction of sp³-hybridized carbons (Fsp3) is 0.261. The summed E-state index contributed by atoms with van der Waals surface area (Å²) >= 11 is 1.66. The summed E-state index contributed by atoms with van der Waals surface area (Å²) in [6, 6.07) is 15.2. The van der Waals surface area contributed by atoms with Gasteiger partial charge in [0.1, 0.15) is 11.4 Å². The first-order chi connectivity index (χ1) is 15.2. The molecule has 0 saturated carbocycles. The van der Waals surface area contributed by atoms with Crippen molar-refractivity contribution in [2.24, 2.45) is 0 Å². The van der Waals surface area contributed by atoms with Crippen molar-refractivity contribution < 1.29 is 9.21 Å². The Bertz CT molecular complexity index is 1170. The average Bonchev–Trinajstić information content (AvgIpc) is 3.52. The predicted octanol–water partition coefficient (Wildman–Crippen LogP) is 4.25. The van der Waals surface area contributed by atoms with Gasteiger partial charge in [0.15, 0.2) is 10.9 Å². The largest absolute Gasteiger partial charge is 0.463 e. The van der Waals surface area contributed by atoms with E-state index >= 15 is 0 Å². The third-order valence-electron chi connectivity index (χ3n) is 5.36. The van der Waals surface area contributed by atoms with Gasteiger partial charge in [0.05, 0.1) is 17.6 Å². The fourth-order valence-corrected chi connectivity index (χ4v) is 4.66. The van der Waals surface area contributed by atoms with Crippen molar-refractivity contribution in [3.63, 3.8) is 0 Å². The summed E-state index contributed by atoms with van der Waals surface area (Å²) in [6.45, 7) is 5.02. The van der Waals surface area contributed by atoms with Gasteiger partial charge in [0, 0.05) is 37.6 Å². The van der Waals surface area contributed by atoms with Gasteiger partial charge in [-0.15, -0.1) is 11.3 Å². The monoisotopic (exact) mass is 433 g/mol. The van der Waals surface area contributed by atoms with Crippen molar-refractivity contribution in [3.8, 4) is 17.1 Å². The van der Waals surface area contributed by atoms with E-state index in [9.17, 15) is 4.79 Å². The zero-order valence-electron chi connectivity index (χ0n) is 17.3. The van der Waals surface area contributed by atoms with Crippen LogP contribution in [0, 0.1) is 6.92 Å². The lowest BCUT2D eigenvalue weighted by atomic mass is 10.2. The van der Waals surface area contributed by atoms with Crippen LogP contribution in [-0.2, 0) is 0 Å². The number of benzene rings is 1. The lowest BCUT2D eigenvalue weighted by Crippen LogP contribution is -2.36. The summed E-state index contributed by atoms with van der Waals surface area (Å²) in [7, 11) is 0. The number of hydrogen-bond acceptors (Lipinski definition) is 6. The molecule has 1 aliphatic rings. The number of anilines is 1. The van der Waals surface area contributed by atoms with Crippen LogP contribution in [0.3, 0.4) is 0 Å². The van der Waals surface area contributed by atoms with Gasteiger partial charge in [-0.3, -0.25) is 4.79 Å². The molecule has 0 atom stereocenters. The van der Waals surface area contributed by atoms with Crippen molar-refractivity contribution in [2.75, 3.05) is 31.1 Å². The molecule has 5 rings (SSSR count). The zero-order chi connectivity index (χ0) is 21.2. The van der Waals surface area contributed by atoms with Gasteiger partial charge in [-0.25, -0.2) is 9.67 Å². The van der Waals surface area contributed by atoms with E-state index in [0.29, 0.717) is 30.2 Å². The number of nitrogens with zero attached hydrogens (tertiary/aromatic N) is 5. The highest BCUT2D eigenvalue weighted by Crippen LogP contribution is 2.25. The topological polar surface area (TPSA) is 67.4 Å². The molecule has 0 bridgehead atoms. The molecule has 0 unspecified atom stereocenters. The second-order valence-corrected chi connectivity index (χ2v) is 8.38. The van der Waals surface area contributed by atoms with E-state index < -0.39 is 0 Å². The van der Waals surface area contributed by atoms with Crippen molar-refractivity contribution in [2.45, 2.75) is 13.3 Å². The maximum absolute atomic E-state index is 13.6. The van der Waals surface area contributed by atoms with E-state index in [2.05, 4.69) is 20.4 Å². The predicted molar refractivity (Wildman–Crippen MR) is 121 cm³/mol. The van der Waals surface area contributed by atoms with Crippen LogP contribution in [0.5, 0.6) is 0 Å². The second kappa shape index (κ2) is 8.39. The Morgan fingerprint density at radius 1 is 1.06 bits per heavy atom. The average molecular weight is 434 g/mol. The van der Waals surface area contributed by atoms with Gasteiger partial charge in [0.25, 0.3) is 5.91 Å². The Hall–Kier alpha value is -3.39. The molecule has 4 aromatic rings. The quantitative estimate of drug-likeness (QED) is 0.481. The maximum atomic E-state index is 13.6. The van der Waals surface area contributed by atoms with Crippen molar-refractivity contribution in [1.29, 1.82) is 0 Å². The first-order valence-electron chi connectivity index (χ1n) is 10.3. The summed E-state index contributed by atoms with van der Waals surface area (Å²) in [5, 5.41) is 7.78. The molecule has 0 aliphatic carbocycles. The number of furan rings is 1. The van der Waals surface area contributed by atoms with Gasteiger partial charge in [0.2, 0.25) is 0 Å². The van der Waals surface area contributed by atoms with E-state index in [-0.39, 0.29) is 5.91 Å². The molecule has 7 nitrogen and oxygen atoms in total. The van der Waals surface area contributed by atoms with E-state index in [1.165, 1.54) is 0 Å². The van der Waals surface area contributed by atoms with E-state index in [1.807, 2.05) is 60.4 Å². The van der Waals surface area contributed by atoms with Crippen LogP contribution in [0.15, 0.2) is 64.6 Å². The Kier molecular flexibility index (Phi) is 5.30. The number of aromatic nitrogens is 3. The molecule has 0 N–H and O–H groups in total. The molecule has 0 spiro atoms. The van der Waals surface area contributed by atoms with Crippen LogP contribution in [0.2, 0.25) is 0 Å². The van der Waals surface area contributed by atoms with E-state index in [4.69, 9.17) is 4.42 Å². The minimum atomic E-state index is -0.0219. The maximum Gasteiger partial charge on any atom is 0.272 e. The number of aryl methyl sites for hydroxylation is 1. The first kappa shape index (κ1) is 19.6. The molecular formula is C23H23N5O2S. The van der Waals surface area contributed by atoms with Gasteiger partial charge in [-0.1, -0.05) is 18.2 Å². The molecule has 158 valence electrons. The van der Waals surface area contributed by atoms with Crippen LogP contribution in [0.4, 0.5) is 5.13 Å². The highest BCUT2D eigenvalue weighted by Gasteiger charge is 2.26. The number of thiazole rings is 1. The fourth-order valence-electron chi connectivity index (χ4n) is 3.80. The molecule has 3 aromatic heterocycles. The lowest BCUT2D eigenvalue weighted by molar-refractivity contribution is 0.0758. The number of amides is 1. The molecule has 0 radical (unpaired) electrons. The van der Waals surface area contributed by atoms with Crippen LogP contribution in [0.1, 0.15) is 22.6 Å². The molecule has 31 heavy (non-hydrogen) atoms. The number of carbonyl (C=O) groups is 1. The minimum Gasteiger partial charge on any atom is -0.463 e. The van der Waals surface area contributed by atoms with Crippen LogP contribution < -0.4 is 4.90 Å². The van der Waals surface area contributed by atoms with Gasteiger partial charge in [-0.05, 0) is 37.6 Å². The Labute approximate surface area is 184 Å². The van der Waals surface area contributed by atoms with Crippen molar-refractivity contribution in [3.05, 3.63) is 71.6 Å². The third-order valence-corrected chi connectivity index (χ3v) is 6.38. The molecular weight excluding hydrogens is 410 g/mol. The zero-order valence-corrected chi connectivity index (χ0v) is 18.1. The van der Waals surface area contributed by atoms with Gasteiger partial charge in [-0.2, -0.15) is 5.10 Å². The van der Waals surface area contributed by atoms with Gasteiger partial charge >= 0.3 is 0 Å². The molecule has 8 heteroatoms. The number of rotatable bonds is 4.